The van der Waals surface area contributed by atoms with Crippen LogP contribution in [0.25, 0.3) is 0 Å². The fraction of sp³-hybridized carbons (Fsp3) is 0.600. The van der Waals surface area contributed by atoms with Gasteiger partial charge in [-0.2, -0.15) is 0 Å². The smallest absolute Gasteiger partial charge is 0.243 e. The van der Waals surface area contributed by atoms with Crippen LogP contribution in [0.1, 0.15) is 25.7 Å². The van der Waals surface area contributed by atoms with Crippen LogP contribution in [-0.4, -0.2) is 74.5 Å². The van der Waals surface area contributed by atoms with Gasteiger partial charge in [0, 0.05) is 52.0 Å². The standard InChI is InChI=1S/C20H31N5O/c1-23(2)19(26)16-21-20(22-17-8-6-7-9-17)25-14-12-24(13-15-25)18-10-4-3-5-11-18/h3-5,10-11,17H,6-9,12-16H2,1-2H3,(H,21,22). The highest BCUT2D eigenvalue weighted by atomic mass is 16.2. The molecule has 0 atom stereocenters. The van der Waals surface area contributed by atoms with Crippen LogP contribution in [-0.2, 0) is 4.79 Å². The number of rotatable bonds is 4. The van der Waals surface area contributed by atoms with Gasteiger partial charge < -0.3 is 20.0 Å². The van der Waals surface area contributed by atoms with E-state index in [4.69, 9.17) is 0 Å². The normalized spacial score (nSPS) is 18.9. The summed E-state index contributed by atoms with van der Waals surface area (Å²) in [6.45, 7) is 3.99. The van der Waals surface area contributed by atoms with Crippen LogP contribution in [0.4, 0.5) is 5.69 Å². The maximum absolute atomic E-state index is 12.0. The molecule has 1 aliphatic heterocycles. The van der Waals surface area contributed by atoms with Crippen LogP contribution in [0.2, 0.25) is 0 Å². The minimum atomic E-state index is 0.0404. The Bertz CT molecular complexity index is 602. The van der Waals surface area contributed by atoms with Crippen molar-refractivity contribution in [2.75, 3.05) is 51.7 Å². The van der Waals surface area contributed by atoms with Gasteiger partial charge in [-0.05, 0) is 25.0 Å². The zero-order valence-electron chi connectivity index (χ0n) is 16.0. The number of guanidine groups is 1. The van der Waals surface area contributed by atoms with Gasteiger partial charge in [-0.15, -0.1) is 0 Å². The molecular formula is C20H31N5O. The van der Waals surface area contributed by atoms with Crippen molar-refractivity contribution >= 4 is 17.6 Å². The van der Waals surface area contributed by atoms with Gasteiger partial charge in [0.2, 0.25) is 5.91 Å². The molecule has 1 aromatic carbocycles. The summed E-state index contributed by atoms with van der Waals surface area (Å²) in [5, 5.41) is 3.62. The Hall–Kier alpha value is -2.24. The second kappa shape index (κ2) is 8.92. The fourth-order valence-electron chi connectivity index (χ4n) is 3.59. The van der Waals surface area contributed by atoms with E-state index < -0.39 is 0 Å². The van der Waals surface area contributed by atoms with E-state index in [1.807, 2.05) is 0 Å². The van der Waals surface area contributed by atoms with Crippen LogP contribution < -0.4 is 10.2 Å². The molecule has 3 rings (SSSR count). The van der Waals surface area contributed by atoms with Gasteiger partial charge in [0.05, 0.1) is 0 Å². The molecule has 1 aliphatic carbocycles. The van der Waals surface area contributed by atoms with Crippen molar-refractivity contribution in [2.45, 2.75) is 31.7 Å². The number of carbonyl (C=O) groups excluding carboxylic acids is 1. The molecule has 1 saturated heterocycles. The second-order valence-electron chi connectivity index (χ2n) is 7.36. The molecule has 1 N–H and O–H groups in total. The first kappa shape index (κ1) is 18.5. The number of carbonyl (C=O) groups is 1. The van der Waals surface area contributed by atoms with Crippen LogP contribution in [0.3, 0.4) is 0 Å². The first-order chi connectivity index (χ1) is 12.6. The van der Waals surface area contributed by atoms with Crippen molar-refractivity contribution in [1.82, 2.24) is 15.1 Å². The molecule has 0 bridgehead atoms. The van der Waals surface area contributed by atoms with E-state index in [1.54, 1.807) is 19.0 Å². The lowest BCUT2D eigenvalue weighted by Gasteiger charge is -2.38. The summed E-state index contributed by atoms with van der Waals surface area (Å²) in [5.41, 5.74) is 1.28. The number of hydrogen-bond acceptors (Lipinski definition) is 3. The monoisotopic (exact) mass is 357 g/mol. The van der Waals surface area contributed by atoms with E-state index in [0.717, 1.165) is 32.1 Å². The van der Waals surface area contributed by atoms with Gasteiger partial charge in [-0.25, -0.2) is 4.99 Å². The van der Waals surface area contributed by atoms with E-state index in [9.17, 15) is 4.79 Å². The number of aliphatic imine (C=N–C) groups is 1. The van der Waals surface area contributed by atoms with E-state index in [1.165, 1.54) is 31.4 Å². The number of likely N-dealkylation sites (N-methyl/N-ethyl adjacent to an activating group) is 1. The number of para-hydroxylation sites is 1. The summed E-state index contributed by atoms with van der Waals surface area (Å²) < 4.78 is 0. The number of nitrogens with zero attached hydrogens (tertiary/aromatic N) is 4. The summed E-state index contributed by atoms with van der Waals surface area (Å²) in [5.74, 6) is 0.943. The Morgan fingerprint density at radius 2 is 1.77 bits per heavy atom. The lowest BCUT2D eigenvalue weighted by molar-refractivity contribution is -0.127. The van der Waals surface area contributed by atoms with E-state index >= 15 is 0 Å². The predicted octanol–water partition coefficient (Wildman–Crippen LogP) is 1.78. The number of anilines is 1. The molecule has 1 aromatic rings. The van der Waals surface area contributed by atoms with Crippen molar-refractivity contribution in [3.05, 3.63) is 30.3 Å². The summed E-state index contributed by atoms with van der Waals surface area (Å²) in [4.78, 5) is 22.9. The molecule has 1 saturated carbocycles. The van der Waals surface area contributed by atoms with E-state index in [0.29, 0.717) is 6.04 Å². The second-order valence-corrected chi connectivity index (χ2v) is 7.36. The third kappa shape index (κ3) is 4.90. The predicted molar refractivity (Wildman–Crippen MR) is 107 cm³/mol. The van der Waals surface area contributed by atoms with Crippen molar-refractivity contribution in [3.8, 4) is 0 Å². The highest BCUT2D eigenvalue weighted by Crippen LogP contribution is 2.19. The Kier molecular flexibility index (Phi) is 6.36. The maximum Gasteiger partial charge on any atom is 0.243 e. The maximum atomic E-state index is 12.0. The van der Waals surface area contributed by atoms with Crippen molar-refractivity contribution in [2.24, 2.45) is 4.99 Å². The number of benzene rings is 1. The molecule has 1 amide bonds. The summed E-state index contributed by atoms with van der Waals surface area (Å²) in [6, 6.07) is 11.0. The molecule has 0 spiro atoms. The Balaban J connectivity index is 1.62. The van der Waals surface area contributed by atoms with Gasteiger partial charge in [-0.1, -0.05) is 31.0 Å². The van der Waals surface area contributed by atoms with Crippen molar-refractivity contribution < 1.29 is 4.79 Å². The molecule has 6 nitrogen and oxygen atoms in total. The van der Waals surface area contributed by atoms with Gasteiger partial charge in [0.1, 0.15) is 6.54 Å². The Morgan fingerprint density at radius 3 is 2.38 bits per heavy atom. The van der Waals surface area contributed by atoms with Crippen LogP contribution >= 0.6 is 0 Å². The molecule has 2 aliphatic rings. The lowest BCUT2D eigenvalue weighted by Crippen LogP contribution is -2.54. The summed E-state index contributed by atoms with van der Waals surface area (Å²) >= 11 is 0. The zero-order chi connectivity index (χ0) is 18.4. The van der Waals surface area contributed by atoms with Gasteiger partial charge in [-0.3, -0.25) is 4.79 Å². The average molecular weight is 358 g/mol. The number of amides is 1. The van der Waals surface area contributed by atoms with Crippen LogP contribution in [0.5, 0.6) is 0 Å². The first-order valence-corrected chi connectivity index (χ1v) is 9.69. The summed E-state index contributed by atoms with van der Waals surface area (Å²) in [6.07, 6.45) is 4.96. The molecular weight excluding hydrogens is 326 g/mol. The fourth-order valence-corrected chi connectivity index (χ4v) is 3.59. The van der Waals surface area contributed by atoms with E-state index in [2.05, 4.69) is 50.4 Å². The first-order valence-electron chi connectivity index (χ1n) is 9.69. The van der Waals surface area contributed by atoms with E-state index in [-0.39, 0.29) is 12.5 Å². The van der Waals surface area contributed by atoms with Crippen molar-refractivity contribution in [3.63, 3.8) is 0 Å². The molecule has 0 unspecified atom stereocenters. The number of nitrogens with one attached hydrogen (secondary N) is 1. The Labute approximate surface area is 156 Å². The third-order valence-electron chi connectivity index (χ3n) is 5.25. The molecule has 6 heteroatoms. The van der Waals surface area contributed by atoms with Gasteiger partial charge >= 0.3 is 0 Å². The lowest BCUT2D eigenvalue weighted by atomic mass is 10.2. The topological polar surface area (TPSA) is 51.2 Å². The molecule has 0 radical (unpaired) electrons. The molecule has 1 heterocycles. The Morgan fingerprint density at radius 1 is 1.12 bits per heavy atom. The number of hydrogen-bond donors (Lipinski definition) is 1. The quantitative estimate of drug-likeness (QED) is 0.659. The minimum absolute atomic E-state index is 0.0404. The van der Waals surface area contributed by atoms with Gasteiger partial charge in [0.15, 0.2) is 5.96 Å². The molecule has 2 fully saturated rings. The molecule has 0 aromatic heterocycles. The highest BCUT2D eigenvalue weighted by molar-refractivity contribution is 5.85. The number of piperazine rings is 1. The van der Waals surface area contributed by atoms with Crippen molar-refractivity contribution in [1.29, 1.82) is 0 Å². The highest BCUT2D eigenvalue weighted by Gasteiger charge is 2.23. The third-order valence-corrected chi connectivity index (χ3v) is 5.25. The minimum Gasteiger partial charge on any atom is -0.368 e. The molecule has 26 heavy (non-hydrogen) atoms. The SMILES string of the molecule is CN(C)C(=O)CN=C(NC1CCCC1)N1CCN(c2ccccc2)CC1. The average Bonchev–Trinajstić information content (AvgIpc) is 3.19. The molecule has 142 valence electrons. The largest absolute Gasteiger partial charge is 0.368 e. The zero-order valence-corrected chi connectivity index (χ0v) is 16.0. The van der Waals surface area contributed by atoms with Gasteiger partial charge in [0.25, 0.3) is 0 Å². The van der Waals surface area contributed by atoms with Crippen LogP contribution in [0.15, 0.2) is 35.3 Å². The van der Waals surface area contributed by atoms with Crippen LogP contribution in [0, 0.1) is 0 Å². The summed E-state index contributed by atoms with van der Waals surface area (Å²) in [7, 11) is 3.56.